The number of aromatic nitrogens is 4. The van der Waals surface area contributed by atoms with Gasteiger partial charge in [0, 0.05) is 23.5 Å². The van der Waals surface area contributed by atoms with Crippen LogP contribution in [0.25, 0.3) is 22.8 Å². The zero-order chi connectivity index (χ0) is 21.0. The van der Waals surface area contributed by atoms with E-state index >= 15 is 0 Å². The van der Waals surface area contributed by atoms with Crippen molar-refractivity contribution in [2.45, 2.75) is 36.4 Å². The fourth-order valence-electron chi connectivity index (χ4n) is 3.59. The number of ether oxygens (including phenoxy) is 1. The van der Waals surface area contributed by atoms with Gasteiger partial charge in [-0.1, -0.05) is 30.0 Å². The Labute approximate surface area is 183 Å². The minimum absolute atomic E-state index is 0.131. The molecule has 4 aromatic rings. The van der Waals surface area contributed by atoms with E-state index in [0.717, 1.165) is 41.4 Å². The first kappa shape index (κ1) is 20.0. The van der Waals surface area contributed by atoms with Gasteiger partial charge in [0.15, 0.2) is 11.0 Å². The third kappa shape index (κ3) is 4.55. The van der Waals surface area contributed by atoms with Gasteiger partial charge >= 0.3 is 0 Å². The first-order chi connectivity index (χ1) is 15.3. The van der Waals surface area contributed by atoms with Gasteiger partial charge in [-0.2, -0.15) is 0 Å². The molecule has 1 saturated heterocycles. The number of nitrogens with zero attached hydrogens (tertiary/aromatic N) is 4. The number of hydrogen-bond donors (Lipinski definition) is 0. The molecule has 0 aliphatic carbocycles. The number of rotatable bonds is 7. The minimum atomic E-state index is -0.274. The summed E-state index contributed by atoms with van der Waals surface area (Å²) in [5, 5.41) is 9.58. The molecule has 0 amide bonds. The summed E-state index contributed by atoms with van der Waals surface area (Å²) in [6.07, 6.45) is 3.88. The first-order valence-corrected chi connectivity index (χ1v) is 11.2. The highest BCUT2D eigenvalue weighted by Crippen LogP contribution is 2.29. The third-order valence-corrected chi connectivity index (χ3v) is 6.15. The largest absolute Gasteiger partial charge is 0.444 e. The predicted octanol–water partition coefficient (Wildman–Crippen LogP) is 5.21. The highest BCUT2D eigenvalue weighted by Gasteiger charge is 2.22. The molecule has 2 aromatic carbocycles. The molecule has 0 saturated carbocycles. The van der Waals surface area contributed by atoms with Crippen molar-refractivity contribution in [3.63, 3.8) is 0 Å². The number of oxazole rings is 1. The zero-order valence-electron chi connectivity index (χ0n) is 16.8. The smallest absolute Gasteiger partial charge is 0.226 e. The normalized spacial score (nSPS) is 16.1. The van der Waals surface area contributed by atoms with Crippen LogP contribution < -0.4 is 0 Å². The summed E-state index contributed by atoms with van der Waals surface area (Å²) in [6.45, 7) is 1.44. The highest BCUT2D eigenvalue weighted by molar-refractivity contribution is 7.98. The van der Waals surface area contributed by atoms with Crippen LogP contribution in [0.4, 0.5) is 4.39 Å². The van der Waals surface area contributed by atoms with Crippen molar-refractivity contribution in [2.75, 3.05) is 6.61 Å². The molecule has 3 heterocycles. The topological polar surface area (TPSA) is 66.0 Å². The fourth-order valence-corrected chi connectivity index (χ4v) is 4.41. The van der Waals surface area contributed by atoms with E-state index in [4.69, 9.17) is 9.15 Å². The Kier molecular flexibility index (Phi) is 5.82. The van der Waals surface area contributed by atoms with Gasteiger partial charge in [-0.25, -0.2) is 9.37 Å². The van der Waals surface area contributed by atoms with Crippen LogP contribution in [0, 0.1) is 5.82 Å². The SMILES string of the molecule is Fc1ccc(-c2nnc(SCc3coc(-c4ccccc4)n3)n2C[C@H]2CCCO2)cc1. The van der Waals surface area contributed by atoms with Gasteiger partial charge in [0.25, 0.3) is 0 Å². The highest BCUT2D eigenvalue weighted by atomic mass is 32.2. The molecule has 6 nitrogen and oxygen atoms in total. The Morgan fingerprint density at radius 3 is 2.65 bits per heavy atom. The Morgan fingerprint density at radius 1 is 1.03 bits per heavy atom. The minimum Gasteiger partial charge on any atom is -0.444 e. The lowest BCUT2D eigenvalue weighted by Gasteiger charge is -2.14. The number of thioether (sulfide) groups is 1. The second-order valence-electron chi connectivity index (χ2n) is 7.36. The Bertz CT molecular complexity index is 1140. The lowest BCUT2D eigenvalue weighted by Crippen LogP contribution is -2.16. The molecule has 158 valence electrons. The Morgan fingerprint density at radius 2 is 1.87 bits per heavy atom. The Hall–Kier alpha value is -2.97. The molecule has 1 aliphatic rings. The van der Waals surface area contributed by atoms with E-state index in [9.17, 15) is 4.39 Å². The van der Waals surface area contributed by atoms with Gasteiger partial charge in [0.1, 0.15) is 12.1 Å². The molecule has 0 bridgehead atoms. The van der Waals surface area contributed by atoms with Crippen LogP contribution in [0.15, 0.2) is 70.4 Å². The average molecular weight is 437 g/mol. The van der Waals surface area contributed by atoms with Crippen LogP contribution in [-0.4, -0.2) is 32.5 Å². The van der Waals surface area contributed by atoms with Crippen molar-refractivity contribution >= 4 is 11.8 Å². The fraction of sp³-hybridized carbons (Fsp3) is 0.261. The van der Waals surface area contributed by atoms with E-state index in [2.05, 4.69) is 19.7 Å². The second kappa shape index (κ2) is 9.03. The summed E-state index contributed by atoms with van der Waals surface area (Å²) in [7, 11) is 0. The molecule has 31 heavy (non-hydrogen) atoms. The molecule has 1 atom stereocenters. The molecule has 0 radical (unpaired) electrons. The number of halogens is 1. The summed E-state index contributed by atoms with van der Waals surface area (Å²) < 4.78 is 26.9. The lowest BCUT2D eigenvalue weighted by atomic mass is 10.2. The quantitative estimate of drug-likeness (QED) is 0.371. The third-order valence-electron chi connectivity index (χ3n) is 5.15. The summed E-state index contributed by atoms with van der Waals surface area (Å²) in [5.74, 6) is 1.64. The zero-order valence-corrected chi connectivity index (χ0v) is 17.6. The molecule has 0 unspecified atom stereocenters. The molecular weight excluding hydrogens is 415 g/mol. The maximum absolute atomic E-state index is 13.4. The molecular formula is C23H21FN4O2S. The van der Waals surface area contributed by atoms with Gasteiger partial charge in [0.05, 0.1) is 18.3 Å². The first-order valence-electron chi connectivity index (χ1n) is 10.2. The van der Waals surface area contributed by atoms with Crippen LogP contribution in [0.5, 0.6) is 0 Å². The second-order valence-corrected chi connectivity index (χ2v) is 8.30. The maximum atomic E-state index is 13.4. The van der Waals surface area contributed by atoms with Crippen molar-refractivity contribution < 1.29 is 13.5 Å². The van der Waals surface area contributed by atoms with Crippen molar-refractivity contribution in [1.29, 1.82) is 0 Å². The summed E-state index contributed by atoms with van der Waals surface area (Å²) in [6, 6.07) is 16.1. The molecule has 0 spiro atoms. The van der Waals surface area contributed by atoms with E-state index in [0.29, 0.717) is 24.0 Å². The molecule has 0 N–H and O–H groups in total. The number of benzene rings is 2. The standard InChI is InChI=1S/C23H21FN4O2S/c24-18-10-8-16(9-11-18)21-26-27-23(28(21)13-20-7-4-12-29-20)31-15-19-14-30-22(25-19)17-5-2-1-3-6-17/h1-3,5-6,8-11,14,20H,4,7,12-13,15H2/t20-/m1/s1. The van der Waals surface area contributed by atoms with Crippen molar-refractivity contribution in [2.24, 2.45) is 0 Å². The van der Waals surface area contributed by atoms with E-state index in [1.807, 2.05) is 30.3 Å². The van der Waals surface area contributed by atoms with Crippen LogP contribution >= 0.6 is 11.8 Å². The lowest BCUT2D eigenvalue weighted by molar-refractivity contribution is 0.0953. The van der Waals surface area contributed by atoms with Crippen molar-refractivity contribution in [3.8, 4) is 22.8 Å². The monoisotopic (exact) mass is 436 g/mol. The van der Waals surface area contributed by atoms with E-state index < -0.39 is 0 Å². The van der Waals surface area contributed by atoms with E-state index in [1.54, 1.807) is 30.2 Å². The summed E-state index contributed by atoms with van der Waals surface area (Å²) in [5.41, 5.74) is 2.60. The maximum Gasteiger partial charge on any atom is 0.226 e. The van der Waals surface area contributed by atoms with Crippen LogP contribution in [-0.2, 0) is 17.0 Å². The van der Waals surface area contributed by atoms with Crippen LogP contribution in [0.1, 0.15) is 18.5 Å². The Balaban J connectivity index is 1.37. The molecule has 2 aromatic heterocycles. The van der Waals surface area contributed by atoms with E-state index in [-0.39, 0.29) is 11.9 Å². The molecule has 5 rings (SSSR count). The van der Waals surface area contributed by atoms with Crippen molar-refractivity contribution in [1.82, 2.24) is 19.7 Å². The van der Waals surface area contributed by atoms with Crippen LogP contribution in [0.2, 0.25) is 0 Å². The van der Waals surface area contributed by atoms with Gasteiger partial charge < -0.3 is 9.15 Å². The molecule has 8 heteroatoms. The molecule has 1 fully saturated rings. The summed E-state index contributed by atoms with van der Waals surface area (Å²) >= 11 is 1.55. The van der Waals surface area contributed by atoms with E-state index in [1.165, 1.54) is 12.1 Å². The average Bonchev–Trinajstić information content (AvgIpc) is 3.56. The number of hydrogen-bond acceptors (Lipinski definition) is 6. The summed E-state index contributed by atoms with van der Waals surface area (Å²) in [4.78, 5) is 4.59. The molecule has 1 aliphatic heterocycles. The van der Waals surface area contributed by atoms with Gasteiger partial charge in [0.2, 0.25) is 5.89 Å². The van der Waals surface area contributed by atoms with Gasteiger partial charge in [-0.3, -0.25) is 4.57 Å². The van der Waals surface area contributed by atoms with Gasteiger partial charge in [-0.15, -0.1) is 10.2 Å². The van der Waals surface area contributed by atoms with Crippen LogP contribution in [0.3, 0.4) is 0 Å². The predicted molar refractivity (Wildman–Crippen MR) is 116 cm³/mol. The van der Waals surface area contributed by atoms with Crippen molar-refractivity contribution in [3.05, 3.63) is 72.4 Å². The van der Waals surface area contributed by atoms with Gasteiger partial charge in [-0.05, 0) is 49.2 Å².